The van der Waals surface area contributed by atoms with E-state index < -0.39 is 32.6 Å². The summed E-state index contributed by atoms with van der Waals surface area (Å²) in [7, 11) is -1.23. The predicted octanol–water partition coefficient (Wildman–Crippen LogP) is 6.06. The summed E-state index contributed by atoms with van der Waals surface area (Å²) in [5, 5.41) is 2.16. The van der Waals surface area contributed by atoms with E-state index in [9.17, 15) is 17.2 Å². The van der Waals surface area contributed by atoms with Crippen molar-refractivity contribution in [2.75, 3.05) is 23.8 Å². The molecule has 2 heterocycles. The molecule has 0 atom stereocenters. The van der Waals surface area contributed by atoms with Gasteiger partial charge in [-0.15, -0.1) is 0 Å². The summed E-state index contributed by atoms with van der Waals surface area (Å²) in [6.45, 7) is 5.73. The first-order chi connectivity index (χ1) is 20.4. The highest BCUT2D eigenvalue weighted by Crippen LogP contribution is 2.29. The van der Waals surface area contributed by atoms with E-state index in [4.69, 9.17) is 4.74 Å². The molecular formula is C31H34F3N5O3S. The monoisotopic (exact) mass is 613 g/mol. The molecular weight excluding hydrogens is 579 g/mol. The first-order valence-corrected chi connectivity index (χ1v) is 15.0. The summed E-state index contributed by atoms with van der Waals surface area (Å²) in [6, 6.07) is 15.3. The first-order valence-electron chi connectivity index (χ1n) is 13.6. The van der Waals surface area contributed by atoms with E-state index in [-0.39, 0.29) is 36.2 Å². The molecule has 8 nitrogen and oxygen atoms in total. The van der Waals surface area contributed by atoms with Crippen LogP contribution in [0.3, 0.4) is 0 Å². The third-order valence-corrected chi connectivity index (χ3v) is 8.85. The lowest BCUT2D eigenvalue weighted by Crippen LogP contribution is -2.33. The first kappa shape index (κ1) is 31.8. The van der Waals surface area contributed by atoms with Crippen LogP contribution in [0.4, 0.5) is 24.7 Å². The fourth-order valence-corrected chi connectivity index (χ4v) is 5.77. The van der Waals surface area contributed by atoms with Gasteiger partial charge >= 0.3 is 0 Å². The Kier molecular flexibility index (Phi) is 9.92. The highest BCUT2D eigenvalue weighted by atomic mass is 32.2. The van der Waals surface area contributed by atoms with Gasteiger partial charge in [0.1, 0.15) is 17.4 Å². The van der Waals surface area contributed by atoms with Gasteiger partial charge in [-0.25, -0.2) is 23.1 Å². The molecule has 228 valence electrons. The van der Waals surface area contributed by atoms with Crippen molar-refractivity contribution in [1.82, 2.24) is 14.9 Å². The van der Waals surface area contributed by atoms with Gasteiger partial charge in [-0.05, 0) is 69.3 Å². The van der Waals surface area contributed by atoms with Crippen LogP contribution in [0.2, 0.25) is 0 Å². The van der Waals surface area contributed by atoms with Crippen molar-refractivity contribution in [3.05, 3.63) is 107 Å². The fourth-order valence-electron chi connectivity index (χ4n) is 4.32. The molecule has 43 heavy (non-hydrogen) atoms. The van der Waals surface area contributed by atoms with E-state index in [0.717, 1.165) is 15.9 Å². The number of nitrogens with zero attached hydrogens (tertiary/aromatic N) is 4. The van der Waals surface area contributed by atoms with Crippen LogP contribution < -0.4 is 14.4 Å². The van der Waals surface area contributed by atoms with Gasteiger partial charge in [-0.2, -0.15) is 12.8 Å². The number of aromatic nitrogens is 2. The number of sulfonamides is 1. The molecule has 4 rings (SSSR count). The maximum absolute atomic E-state index is 15.8. The average Bonchev–Trinajstić information content (AvgIpc) is 2.97. The summed E-state index contributed by atoms with van der Waals surface area (Å²) in [4.78, 5) is 9.76. The smallest absolute Gasteiger partial charge is 0.286 e. The fraction of sp³-hybridized carbons (Fsp3) is 0.290. The molecule has 0 bridgehead atoms. The Hall–Kier alpha value is -4.16. The molecule has 0 radical (unpaired) electrons. The van der Waals surface area contributed by atoms with Crippen molar-refractivity contribution in [2.45, 2.75) is 51.5 Å². The second kappa shape index (κ2) is 13.4. The van der Waals surface area contributed by atoms with Gasteiger partial charge in [-0.1, -0.05) is 30.3 Å². The van der Waals surface area contributed by atoms with Crippen LogP contribution in [-0.4, -0.2) is 43.5 Å². The summed E-state index contributed by atoms with van der Waals surface area (Å²) in [5.41, 5.74) is 1.88. The van der Waals surface area contributed by atoms with Crippen LogP contribution in [0.15, 0.2) is 71.9 Å². The molecule has 2 aromatic heterocycles. The van der Waals surface area contributed by atoms with Crippen molar-refractivity contribution in [3.63, 3.8) is 0 Å². The second-order valence-corrected chi connectivity index (χ2v) is 12.1. The number of anilines is 2. The van der Waals surface area contributed by atoms with Gasteiger partial charge in [0.25, 0.3) is 10.0 Å². The van der Waals surface area contributed by atoms with Crippen LogP contribution >= 0.6 is 0 Å². The van der Waals surface area contributed by atoms with Crippen molar-refractivity contribution < 1.29 is 26.3 Å². The molecule has 0 saturated carbocycles. The quantitative estimate of drug-likeness (QED) is 0.195. The number of methoxy groups -OCH3 is 1. The molecule has 1 N–H and O–H groups in total. The van der Waals surface area contributed by atoms with Gasteiger partial charge in [0.2, 0.25) is 11.0 Å². The van der Waals surface area contributed by atoms with E-state index in [2.05, 4.69) is 20.2 Å². The van der Waals surface area contributed by atoms with Gasteiger partial charge in [-0.3, -0.25) is 4.90 Å². The number of rotatable bonds is 12. The molecule has 0 saturated heterocycles. The van der Waals surface area contributed by atoms with Crippen LogP contribution in [0.25, 0.3) is 0 Å². The largest absolute Gasteiger partial charge is 0.497 e. The number of benzene rings is 2. The molecule has 0 amide bonds. The van der Waals surface area contributed by atoms with Crippen LogP contribution in [-0.2, 0) is 29.7 Å². The molecule has 4 aromatic rings. The minimum atomic E-state index is -4.66. The van der Waals surface area contributed by atoms with Crippen LogP contribution in [0, 0.1) is 24.5 Å². The molecule has 2 aromatic carbocycles. The third kappa shape index (κ3) is 7.26. The number of nitrogens with one attached hydrogen (secondary N) is 1. The van der Waals surface area contributed by atoms with E-state index in [1.807, 2.05) is 27.0 Å². The molecule has 0 aliphatic heterocycles. The second-order valence-electron chi connectivity index (χ2n) is 10.3. The minimum absolute atomic E-state index is 0.0256. The molecule has 0 fully saturated rings. The van der Waals surface area contributed by atoms with Crippen molar-refractivity contribution in [3.8, 4) is 5.75 Å². The van der Waals surface area contributed by atoms with Crippen LogP contribution in [0.5, 0.6) is 5.75 Å². The maximum atomic E-state index is 15.8. The van der Waals surface area contributed by atoms with Crippen molar-refractivity contribution in [2.24, 2.45) is 0 Å². The molecule has 0 aliphatic rings. The topological polar surface area (TPSA) is 87.7 Å². The zero-order valence-electron chi connectivity index (χ0n) is 24.6. The van der Waals surface area contributed by atoms with E-state index in [0.29, 0.717) is 23.4 Å². The minimum Gasteiger partial charge on any atom is -0.497 e. The van der Waals surface area contributed by atoms with Crippen molar-refractivity contribution >= 4 is 21.5 Å². The third-order valence-electron chi connectivity index (χ3n) is 7.18. The number of hydrogen-bond acceptors (Lipinski definition) is 7. The standard InChI is InChI=1S/C31H34F3N5O3S/c1-20(2)38(4)19-23-8-6-9-26(32)25(23)16-35-27-17-36-31(30(34)21(27)3)43(40,41)39(29-11-7-10-28(33)37-29)18-22-12-14-24(42-5)15-13-22/h6-15,17,20,35H,16,18-19H2,1-5H3. The van der Waals surface area contributed by atoms with E-state index >= 15 is 4.39 Å². The lowest BCUT2D eigenvalue weighted by atomic mass is 10.1. The summed E-state index contributed by atoms with van der Waals surface area (Å²) >= 11 is 0. The normalized spacial score (nSPS) is 11.7. The number of halogens is 3. The molecule has 12 heteroatoms. The SMILES string of the molecule is COc1ccc(CN(c2cccc(F)n2)S(=O)(=O)c2ncc(NCc3c(F)cccc3CN(C)C(C)C)c(C)c2F)cc1. The van der Waals surface area contributed by atoms with Gasteiger partial charge in [0, 0.05) is 30.3 Å². The summed E-state index contributed by atoms with van der Waals surface area (Å²) in [6.07, 6.45) is 1.19. The zero-order chi connectivity index (χ0) is 31.3. The summed E-state index contributed by atoms with van der Waals surface area (Å²) < 4.78 is 78.3. The van der Waals surface area contributed by atoms with Gasteiger partial charge in [0.15, 0.2) is 5.82 Å². The Morgan fingerprint density at radius 3 is 2.33 bits per heavy atom. The average molecular weight is 614 g/mol. The van der Waals surface area contributed by atoms with Crippen LogP contribution in [0.1, 0.15) is 36.1 Å². The Morgan fingerprint density at radius 2 is 1.67 bits per heavy atom. The van der Waals surface area contributed by atoms with E-state index in [1.165, 1.54) is 38.4 Å². The van der Waals surface area contributed by atoms with Gasteiger partial charge in [0.05, 0.1) is 25.5 Å². The van der Waals surface area contributed by atoms with Gasteiger partial charge < -0.3 is 10.1 Å². The number of pyridine rings is 2. The highest BCUT2D eigenvalue weighted by Gasteiger charge is 2.32. The molecule has 0 unspecified atom stereocenters. The Morgan fingerprint density at radius 1 is 0.977 bits per heavy atom. The molecule has 0 aliphatic carbocycles. The van der Waals surface area contributed by atoms with Crippen molar-refractivity contribution in [1.29, 1.82) is 0 Å². The summed E-state index contributed by atoms with van der Waals surface area (Å²) in [5.74, 6) is -2.08. The number of hydrogen-bond donors (Lipinski definition) is 1. The Bertz CT molecular complexity index is 1690. The number of ether oxygens (including phenoxy) is 1. The predicted molar refractivity (Wildman–Crippen MR) is 160 cm³/mol. The van der Waals surface area contributed by atoms with E-state index in [1.54, 1.807) is 30.3 Å². The highest BCUT2D eigenvalue weighted by molar-refractivity contribution is 7.92. The maximum Gasteiger partial charge on any atom is 0.286 e. The lowest BCUT2D eigenvalue weighted by molar-refractivity contribution is 0.264. The molecule has 0 spiro atoms. The Labute approximate surface area is 250 Å². The zero-order valence-corrected chi connectivity index (χ0v) is 25.4. The Balaban J connectivity index is 1.66. The lowest BCUT2D eigenvalue weighted by Gasteiger charge is -2.24.